The molecule has 1 rings (SSSR count). The molecular weight excluding hydrogens is 278 g/mol. The van der Waals surface area contributed by atoms with Crippen molar-refractivity contribution in [3.8, 4) is 0 Å². The molecule has 0 fully saturated rings. The summed E-state index contributed by atoms with van der Waals surface area (Å²) in [5, 5.41) is 9.13. The number of hydrogen-bond donors (Lipinski definition) is 2. The lowest BCUT2D eigenvalue weighted by Crippen LogP contribution is -2.41. The molecule has 0 bridgehead atoms. The van der Waals surface area contributed by atoms with Gasteiger partial charge in [-0.2, -0.15) is 4.72 Å². The predicted octanol–water partition coefficient (Wildman–Crippen LogP) is 2.03. The Morgan fingerprint density at radius 1 is 1.30 bits per heavy atom. The minimum atomic E-state index is -3.82. The van der Waals surface area contributed by atoms with Crippen LogP contribution >= 0.6 is 0 Å². The van der Waals surface area contributed by atoms with Crippen molar-refractivity contribution in [3.05, 3.63) is 29.8 Å². The van der Waals surface area contributed by atoms with Crippen molar-refractivity contribution in [1.82, 2.24) is 4.72 Å². The SMILES string of the molecule is CCc1ccccc1S(=O)(=O)N[C@H](CC(C)C)C(=O)O. The fraction of sp³-hybridized carbons (Fsp3) is 0.500. The van der Waals surface area contributed by atoms with E-state index in [9.17, 15) is 13.2 Å². The molecule has 0 amide bonds. The zero-order valence-electron chi connectivity index (χ0n) is 12.0. The first kappa shape index (κ1) is 16.7. The first-order chi connectivity index (χ1) is 9.27. The van der Waals surface area contributed by atoms with E-state index < -0.39 is 22.0 Å². The van der Waals surface area contributed by atoms with Gasteiger partial charge in [-0.15, -0.1) is 0 Å². The Morgan fingerprint density at radius 3 is 2.40 bits per heavy atom. The first-order valence-corrected chi connectivity index (χ1v) is 8.09. The van der Waals surface area contributed by atoms with Crippen LogP contribution in [0.3, 0.4) is 0 Å². The molecule has 0 aromatic heterocycles. The number of rotatable bonds is 7. The summed E-state index contributed by atoms with van der Waals surface area (Å²) in [6.07, 6.45) is 0.821. The number of aliphatic carboxylic acids is 1. The van der Waals surface area contributed by atoms with Gasteiger partial charge in [-0.25, -0.2) is 8.42 Å². The maximum atomic E-state index is 12.3. The van der Waals surface area contributed by atoms with E-state index in [0.29, 0.717) is 12.0 Å². The Balaban J connectivity index is 3.07. The van der Waals surface area contributed by atoms with E-state index in [-0.39, 0.29) is 17.2 Å². The molecule has 5 nitrogen and oxygen atoms in total. The molecule has 0 aliphatic heterocycles. The molecule has 0 aliphatic carbocycles. The van der Waals surface area contributed by atoms with E-state index in [0.717, 1.165) is 0 Å². The van der Waals surface area contributed by atoms with Crippen LogP contribution in [0.1, 0.15) is 32.8 Å². The van der Waals surface area contributed by atoms with Crippen molar-refractivity contribution < 1.29 is 18.3 Å². The molecule has 0 unspecified atom stereocenters. The molecule has 0 spiro atoms. The van der Waals surface area contributed by atoms with Gasteiger partial charge in [0.05, 0.1) is 4.90 Å². The standard InChI is InChI=1S/C14H21NO4S/c1-4-11-7-5-6-8-13(11)20(18,19)15-12(14(16)17)9-10(2)3/h5-8,10,12,15H,4,9H2,1-3H3,(H,16,17)/t12-/m1/s1. The monoisotopic (exact) mass is 299 g/mol. The maximum Gasteiger partial charge on any atom is 0.321 e. The van der Waals surface area contributed by atoms with Gasteiger partial charge in [-0.1, -0.05) is 39.0 Å². The van der Waals surface area contributed by atoms with Gasteiger partial charge in [0, 0.05) is 0 Å². The van der Waals surface area contributed by atoms with Gasteiger partial charge in [0.2, 0.25) is 10.0 Å². The number of carbonyl (C=O) groups is 1. The zero-order valence-corrected chi connectivity index (χ0v) is 12.8. The summed E-state index contributed by atoms with van der Waals surface area (Å²) in [7, 11) is -3.82. The molecule has 2 N–H and O–H groups in total. The summed E-state index contributed by atoms with van der Waals surface area (Å²) in [5.41, 5.74) is 0.675. The van der Waals surface area contributed by atoms with Crippen LogP contribution in [0.5, 0.6) is 0 Å². The molecule has 0 saturated heterocycles. The normalized spacial score (nSPS) is 13.4. The Bertz CT molecular complexity index is 566. The third kappa shape index (κ3) is 4.31. The molecule has 20 heavy (non-hydrogen) atoms. The van der Waals surface area contributed by atoms with Gasteiger partial charge in [-0.3, -0.25) is 4.79 Å². The molecule has 0 radical (unpaired) electrons. The van der Waals surface area contributed by atoms with E-state index in [1.807, 2.05) is 20.8 Å². The average Bonchev–Trinajstić information content (AvgIpc) is 2.37. The summed E-state index contributed by atoms with van der Waals surface area (Å²) in [6, 6.07) is 5.51. The van der Waals surface area contributed by atoms with Gasteiger partial charge in [0.25, 0.3) is 0 Å². The zero-order chi connectivity index (χ0) is 15.3. The van der Waals surface area contributed by atoms with E-state index >= 15 is 0 Å². The smallest absolute Gasteiger partial charge is 0.321 e. The van der Waals surface area contributed by atoms with Crippen molar-refractivity contribution in [1.29, 1.82) is 0 Å². The summed E-state index contributed by atoms with van der Waals surface area (Å²) in [5.74, 6) is -1.07. The van der Waals surface area contributed by atoms with Crippen LogP contribution in [0.2, 0.25) is 0 Å². The van der Waals surface area contributed by atoms with Crippen LogP contribution in [0, 0.1) is 5.92 Å². The second-order valence-corrected chi connectivity index (χ2v) is 6.79. The van der Waals surface area contributed by atoms with E-state index in [1.165, 1.54) is 6.07 Å². The quantitative estimate of drug-likeness (QED) is 0.807. The number of sulfonamides is 1. The number of carboxylic acid groups (broad SMARTS) is 1. The van der Waals surface area contributed by atoms with Crippen LogP contribution in [0.25, 0.3) is 0 Å². The topological polar surface area (TPSA) is 83.5 Å². The summed E-state index contributed by atoms with van der Waals surface area (Å²) >= 11 is 0. The minimum absolute atomic E-state index is 0.0835. The third-order valence-electron chi connectivity index (χ3n) is 2.95. The van der Waals surface area contributed by atoms with Gasteiger partial charge in [0.1, 0.15) is 6.04 Å². The Labute approximate surface area is 120 Å². The molecule has 112 valence electrons. The van der Waals surface area contributed by atoms with Gasteiger partial charge in [0.15, 0.2) is 0 Å². The molecule has 6 heteroatoms. The highest BCUT2D eigenvalue weighted by molar-refractivity contribution is 7.89. The van der Waals surface area contributed by atoms with Crippen LogP contribution in [-0.2, 0) is 21.2 Å². The Hall–Kier alpha value is -1.40. The van der Waals surface area contributed by atoms with Crippen LogP contribution in [-0.4, -0.2) is 25.5 Å². The first-order valence-electron chi connectivity index (χ1n) is 6.61. The fourth-order valence-electron chi connectivity index (χ4n) is 1.98. The van der Waals surface area contributed by atoms with Gasteiger partial charge in [-0.05, 0) is 30.4 Å². The lowest BCUT2D eigenvalue weighted by Gasteiger charge is -2.17. The summed E-state index contributed by atoms with van der Waals surface area (Å²) in [6.45, 7) is 5.56. The third-order valence-corrected chi connectivity index (χ3v) is 4.52. The Morgan fingerprint density at radius 2 is 1.90 bits per heavy atom. The lowest BCUT2D eigenvalue weighted by molar-refractivity contribution is -0.139. The molecule has 0 saturated carbocycles. The highest BCUT2D eigenvalue weighted by Gasteiger charge is 2.27. The second kappa shape index (κ2) is 6.85. The summed E-state index contributed by atoms with van der Waals surface area (Å²) in [4.78, 5) is 11.3. The van der Waals surface area contributed by atoms with Gasteiger partial charge >= 0.3 is 5.97 Å². The number of hydrogen-bond acceptors (Lipinski definition) is 3. The van der Waals surface area contributed by atoms with E-state index in [2.05, 4.69) is 4.72 Å². The van der Waals surface area contributed by atoms with Crippen molar-refractivity contribution in [2.45, 2.75) is 44.6 Å². The van der Waals surface area contributed by atoms with Crippen molar-refractivity contribution in [2.24, 2.45) is 5.92 Å². The molecule has 0 aliphatic rings. The molecule has 0 heterocycles. The van der Waals surface area contributed by atoms with E-state index in [1.54, 1.807) is 18.2 Å². The predicted molar refractivity (Wildman–Crippen MR) is 77.0 cm³/mol. The largest absolute Gasteiger partial charge is 0.480 e. The van der Waals surface area contributed by atoms with Crippen LogP contribution in [0.4, 0.5) is 0 Å². The van der Waals surface area contributed by atoms with Crippen LogP contribution in [0.15, 0.2) is 29.2 Å². The van der Waals surface area contributed by atoms with E-state index in [4.69, 9.17) is 5.11 Å². The molecule has 1 atom stereocenters. The number of carboxylic acids is 1. The lowest BCUT2D eigenvalue weighted by atomic mass is 10.1. The van der Waals surface area contributed by atoms with Crippen molar-refractivity contribution in [2.75, 3.05) is 0 Å². The molecule has 1 aromatic rings. The van der Waals surface area contributed by atoms with Gasteiger partial charge < -0.3 is 5.11 Å². The molecule has 1 aromatic carbocycles. The summed E-state index contributed by atoms with van der Waals surface area (Å²) < 4.78 is 27.0. The van der Waals surface area contributed by atoms with Crippen molar-refractivity contribution in [3.63, 3.8) is 0 Å². The fourth-order valence-corrected chi connectivity index (χ4v) is 3.49. The number of benzene rings is 1. The maximum absolute atomic E-state index is 12.3. The highest BCUT2D eigenvalue weighted by Crippen LogP contribution is 2.17. The van der Waals surface area contributed by atoms with Crippen LogP contribution < -0.4 is 4.72 Å². The van der Waals surface area contributed by atoms with Crippen molar-refractivity contribution >= 4 is 16.0 Å². The average molecular weight is 299 g/mol. The molecular formula is C14H21NO4S. The second-order valence-electron chi connectivity index (χ2n) is 5.10. The number of nitrogens with one attached hydrogen (secondary N) is 1. The Kier molecular flexibility index (Phi) is 5.71. The highest BCUT2D eigenvalue weighted by atomic mass is 32.2. The number of aryl methyl sites for hydroxylation is 1. The minimum Gasteiger partial charge on any atom is -0.480 e.